The van der Waals surface area contributed by atoms with Crippen molar-refractivity contribution in [2.45, 2.75) is 19.3 Å². The number of hydrogen-bond acceptors (Lipinski definition) is 2. The highest BCUT2D eigenvalue weighted by atomic mass is 16.3. The lowest BCUT2D eigenvalue weighted by molar-refractivity contribution is -0.132. The van der Waals surface area contributed by atoms with Crippen LogP contribution in [-0.4, -0.2) is 40.6 Å². The third kappa shape index (κ3) is 2.56. The van der Waals surface area contributed by atoms with Gasteiger partial charge in [-0.1, -0.05) is 18.2 Å². The van der Waals surface area contributed by atoms with Crippen LogP contribution in [0.15, 0.2) is 30.5 Å². The fourth-order valence-electron chi connectivity index (χ4n) is 2.99. The summed E-state index contributed by atoms with van der Waals surface area (Å²) in [6.07, 6.45) is 4.37. The molecule has 1 aliphatic heterocycles. The van der Waals surface area contributed by atoms with Gasteiger partial charge in [-0.3, -0.25) is 4.79 Å². The predicted molar refractivity (Wildman–Crippen MR) is 78.4 cm³/mol. The Labute approximate surface area is 118 Å². The number of H-pyrrole nitrogens is 1. The molecule has 20 heavy (non-hydrogen) atoms. The molecule has 4 heteroatoms. The zero-order valence-corrected chi connectivity index (χ0v) is 11.5. The number of carbonyl (C=O) groups excluding carboxylic acids is 1. The zero-order valence-electron chi connectivity index (χ0n) is 11.5. The summed E-state index contributed by atoms with van der Waals surface area (Å²) in [4.78, 5) is 17.5. The molecule has 2 heterocycles. The lowest BCUT2D eigenvalue weighted by Crippen LogP contribution is -2.41. The van der Waals surface area contributed by atoms with Crippen molar-refractivity contribution in [2.24, 2.45) is 5.92 Å². The van der Waals surface area contributed by atoms with E-state index in [9.17, 15) is 9.90 Å². The number of nitrogens with zero attached hydrogens (tertiary/aromatic N) is 1. The van der Waals surface area contributed by atoms with E-state index in [4.69, 9.17) is 0 Å². The Bertz CT molecular complexity index is 605. The van der Waals surface area contributed by atoms with Crippen LogP contribution in [0.3, 0.4) is 0 Å². The minimum Gasteiger partial charge on any atom is -0.396 e. The first-order chi connectivity index (χ1) is 9.78. The van der Waals surface area contributed by atoms with Gasteiger partial charge in [0.1, 0.15) is 0 Å². The number of fused-ring (bicyclic) bond motifs is 1. The van der Waals surface area contributed by atoms with Crippen molar-refractivity contribution in [2.75, 3.05) is 19.7 Å². The summed E-state index contributed by atoms with van der Waals surface area (Å²) in [5.41, 5.74) is 2.12. The Balaban J connectivity index is 1.72. The van der Waals surface area contributed by atoms with Gasteiger partial charge < -0.3 is 15.0 Å². The van der Waals surface area contributed by atoms with Gasteiger partial charge in [0, 0.05) is 36.8 Å². The summed E-state index contributed by atoms with van der Waals surface area (Å²) in [6, 6.07) is 8.04. The number of rotatable bonds is 3. The summed E-state index contributed by atoms with van der Waals surface area (Å²) >= 11 is 0. The van der Waals surface area contributed by atoms with E-state index in [1.807, 2.05) is 35.4 Å². The average Bonchev–Trinajstić information content (AvgIpc) is 2.90. The van der Waals surface area contributed by atoms with Crippen molar-refractivity contribution in [3.63, 3.8) is 0 Å². The topological polar surface area (TPSA) is 56.3 Å². The number of amides is 1. The van der Waals surface area contributed by atoms with Gasteiger partial charge in [0.15, 0.2) is 0 Å². The van der Waals surface area contributed by atoms with E-state index in [0.29, 0.717) is 13.0 Å². The highest BCUT2D eigenvalue weighted by Gasteiger charge is 2.23. The summed E-state index contributed by atoms with van der Waals surface area (Å²) in [5, 5.41) is 10.4. The van der Waals surface area contributed by atoms with Gasteiger partial charge in [-0.25, -0.2) is 0 Å². The molecule has 4 nitrogen and oxygen atoms in total. The molecular formula is C16H20N2O2. The lowest BCUT2D eigenvalue weighted by Gasteiger charge is -2.31. The van der Waals surface area contributed by atoms with Crippen LogP contribution in [0.1, 0.15) is 18.4 Å². The number of likely N-dealkylation sites (tertiary alicyclic amines) is 1. The van der Waals surface area contributed by atoms with E-state index in [1.54, 1.807) is 0 Å². The first-order valence-corrected chi connectivity index (χ1v) is 7.21. The second-order valence-corrected chi connectivity index (χ2v) is 5.57. The molecule has 3 rings (SSSR count). The molecule has 1 aromatic heterocycles. The molecule has 0 saturated carbocycles. The smallest absolute Gasteiger partial charge is 0.227 e. The number of aromatic amines is 1. The normalized spacial score (nSPS) is 19.4. The third-order valence-electron chi connectivity index (χ3n) is 4.15. The molecule has 106 valence electrons. The average molecular weight is 272 g/mol. The SMILES string of the molecule is O=C(Cc1c[nH]c2ccccc12)N1CCCC(CO)C1. The summed E-state index contributed by atoms with van der Waals surface area (Å²) in [5.74, 6) is 0.406. The maximum absolute atomic E-state index is 12.4. The van der Waals surface area contributed by atoms with Crippen LogP contribution in [0.4, 0.5) is 0 Å². The molecule has 0 radical (unpaired) electrons. The van der Waals surface area contributed by atoms with Crippen molar-refractivity contribution in [3.8, 4) is 0 Å². The fourth-order valence-corrected chi connectivity index (χ4v) is 2.99. The molecule has 2 aromatic rings. The quantitative estimate of drug-likeness (QED) is 0.897. The van der Waals surface area contributed by atoms with Crippen LogP contribution in [-0.2, 0) is 11.2 Å². The highest BCUT2D eigenvalue weighted by molar-refractivity contribution is 5.88. The van der Waals surface area contributed by atoms with Gasteiger partial charge in [0.25, 0.3) is 0 Å². The van der Waals surface area contributed by atoms with E-state index < -0.39 is 0 Å². The minimum atomic E-state index is 0.160. The molecule has 0 spiro atoms. The Morgan fingerprint density at radius 3 is 3.10 bits per heavy atom. The molecule has 1 aliphatic rings. The standard InChI is InChI=1S/C16H20N2O2/c19-11-12-4-3-7-18(10-12)16(20)8-13-9-17-15-6-2-1-5-14(13)15/h1-2,5-6,9,12,17,19H,3-4,7-8,10-11H2. The minimum absolute atomic E-state index is 0.160. The van der Waals surface area contributed by atoms with Crippen molar-refractivity contribution >= 4 is 16.8 Å². The predicted octanol–water partition coefficient (Wildman–Crippen LogP) is 1.94. The number of carbonyl (C=O) groups is 1. The number of para-hydroxylation sites is 1. The molecule has 1 unspecified atom stereocenters. The van der Waals surface area contributed by atoms with Crippen molar-refractivity contribution in [1.82, 2.24) is 9.88 Å². The molecule has 1 atom stereocenters. The zero-order chi connectivity index (χ0) is 13.9. The summed E-state index contributed by atoms with van der Waals surface area (Å²) in [6.45, 7) is 1.69. The van der Waals surface area contributed by atoms with E-state index in [1.165, 1.54) is 0 Å². The number of hydrogen-bond donors (Lipinski definition) is 2. The number of aliphatic hydroxyl groups excluding tert-OH is 1. The van der Waals surface area contributed by atoms with Gasteiger partial charge in [-0.05, 0) is 30.4 Å². The maximum Gasteiger partial charge on any atom is 0.227 e. The van der Waals surface area contributed by atoms with Gasteiger partial charge in [0.05, 0.1) is 6.42 Å². The van der Waals surface area contributed by atoms with E-state index in [0.717, 1.165) is 35.9 Å². The number of nitrogens with one attached hydrogen (secondary N) is 1. The Morgan fingerprint density at radius 2 is 2.25 bits per heavy atom. The Morgan fingerprint density at radius 1 is 1.40 bits per heavy atom. The molecule has 1 aromatic carbocycles. The molecule has 1 amide bonds. The van der Waals surface area contributed by atoms with Gasteiger partial charge >= 0.3 is 0 Å². The van der Waals surface area contributed by atoms with Gasteiger partial charge in [0.2, 0.25) is 5.91 Å². The van der Waals surface area contributed by atoms with Crippen molar-refractivity contribution in [1.29, 1.82) is 0 Å². The molecular weight excluding hydrogens is 252 g/mol. The third-order valence-corrected chi connectivity index (χ3v) is 4.15. The Kier molecular flexibility index (Phi) is 3.74. The fraction of sp³-hybridized carbons (Fsp3) is 0.438. The molecule has 2 N–H and O–H groups in total. The van der Waals surface area contributed by atoms with Gasteiger partial charge in [-0.15, -0.1) is 0 Å². The van der Waals surface area contributed by atoms with E-state index in [2.05, 4.69) is 4.98 Å². The lowest BCUT2D eigenvalue weighted by atomic mass is 9.98. The molecule has 1 fully saturated rings. The Hall–Kier alpha value is -1.81. The number of benzene rings is 1. The summed E-state index contributed by atoms with van der Waals surface area (Å²) in [7, 11) is 0. The van der Waals surface area contributed by atoms with Crippen LogP contribution in [0.5, 0.6) is 0 Å². The first kappa shape index (κ1) is 13.2. The maximum atomic E-state index is 12.4. The number of piperidine rings is 1. The van der Waals surface area contributed by atoms with Crippen molar-refractivity contribution in [3.05, 3.63) is 36.0 Å². The van der Waals surface area contributed by atoms with Gasteiger partial charge in [-0.2, -0.15) is 0 Å². The molecule has 0 bridgehead atoms. The second-order valence-electron chi connectivity index (χ2n) is 5.57. The van der Waals surface area contributed by atoms with Crippen molar-refractivity contribution < 1.29 is 9.90 Å². The highest BCUT2D eigenvalue weighted by Crippen LogP contribution is 2.21. The van der Waals surface area contributed by atoms with Crippen LogP contribution < -0.4 is 0 Å². The number of aromatic nitrogens is 1. The second kappa shape index (κ2) is 5.67. The summed E-state index contributed by atoms with van der Waals surface area (Å²) < 4.78 is 0. The van der Waals surface area contributed by atoms with E-state index >= 15 is 0 Å². The van der Waals surface area contributed by atoms with Crippen LogP contribution >= 0.6 is 0 Å². The molecule has 1 saturated heterocycles. The van der Waals surface area contributed by atoms with Crippen LogP contribution in [0.25, 0.3) is 10.9 Å². The van der Waals surface area contributed by atoms with E-state index in [-0.39, 0.29) is 18.4 Å². The first-order valence-electron chi connectivity index (χ1n) is 7.21. The molecule has 0 aliphatic carbocycles. The number of aliphatic hydroxyl groups is 1. The van der Waals surface area contributed by atoms with Crippen LogP contribution in [0, 0.1) is 5.92 Å². The van der Waals surface area contributed by atoms with Crippen LogP contribution in [0.2, 0.25) is 0 Å². The largest absolute Gasteiger partial charge is 0.396 e. The monoisotopic (exact) mass is 272 g/mol.